The average molecular weight is 158 g/mol. The smallest absolute Gasteiger partial charge is 0.123 e. The summed E-state index contributed by atoms with van der Waals surface area (Å²) in [4.78, 5) is 4.03. The first-order valence-corrected chi connectivity index (χ1v) is 3.87. The maximum absolute atomic E-state index is 5.55. The molecule has 0 fully saturated rings. The minimum atomic E-state index is 0.575. The molecule has 0 radical (unpaired) electrons. The molecule has 2 heteroatoms. The van der Waals surface area contributed by atoms with Crippen LogP contribution in [0.1, 0.15) is 5.56 Å². The molecule has 0 bridgehead atoms. The molecule has 0 saturated carbocycles. The van der Waals surface area contributed by atoms with Gasteiger partial charge in [0, 0.05) is 11.6 Å². The first kappa shape index (κ1) is 7.10. The lowest BCUT2D eigenvalue weighted by Gasteiger charge is -1.99. The maximum atomic E-state index is 5.55. The van der Waals surface area contributed by atoms with Gasteiger partial charge in [0.2, 0.25) is 0 Å². The van der Waals surface area contributed by atoms with E-state index in [1.165, 1.54) is 5.56 Å². The Morgan fingerprint density at radius 2 is 2.00 bits per heavy atom. The average Bonchev–Trinajstić information content (AvgIpc) is 2.05. The van der Waals surface area contributed by atoms with Crippen molar-refractivity contribution < 1.29 is 0 Å². The van der Waals surface area contributed by atoms with Gasteiger partial charge in [0.1, 0.15) is 5.82 Å². The van der Waals surface area contributed by atoms with Gasteiger partial charge >= 0.3 is 0 Å². The summed E-state index contributed by atoms with van der Waals surface area (Å²) in [5, 5.41) is 2.29. The monoisotopic (exact) mass is 158 g/mol. The molecular weight excluding hydrogens is 148 g/mol. The summed E-state index contributed by atoms with van der Waals surface area (Å²) in [7, 11) is 0. The summed E-state index contributed by atoms with van der Waals surface area (Å²) in [5.41, 5.74) is 6.80. The highest BCUT2D eigenvalue weighted by atomic mass is 14.8. The van der Waals surface area contributed by atoms with Gasteiger partial charge in [-0.1, -0.05) is 17.7 Å². The molecule has 2 rings (SSSR count). The van der Waals surface area contributed by atoms with Gasteiger partial charge in [-0.15, -0.1) is 0 Å². The zero-order valence-electron chi connectivity index (χ0n) is 6.91. The molecule has 0 atom stereocenters. The number of nitrogens with zero attached hydrogens (tertiary/aromatic N) is 1. The number of nitrogen functional groups attached to an aromatic ring is 1. The number of rotatable bonds is 0. The van der Waals surface area contributed by atoms with Crippen molar-refractivity contribution >= 4 is 16.6 Å². The molecule has 12 heavy (non-hydrogen) atoms. The molecule has 1 heterocycles. The second kappa shape index (κ2) is 2.48. The van der Waals surface area contributed by atoms with Crippen LogP contribution in [0.3, 0.4) is 0 Å². The Morgan fingerprint density at radius 3 is 2.83 bits per heavy atom. The first-order valence-electron chi connectivity index (χ1n) is 3.87. The van der Waals surface area contributed by atoms with Crippen LogP contribution >= 0.6 is 0 Å². The van der Waals surface area contributed by atoms with Crippen LogP contribution in [0.15, 0.2) is 30.5 Å². The van der Waals surface area contributed by atoms with E-state index in [0.29, 0.717) is 5.82 Å². The molecule has 0 amide bonds. The lowest BCUT2D eigenvalue weighted by atomic mass is 10.1. The van der Waals surface area contributed by atoms with Crippen LogP contribution in [0.2, 0.25) is 0 Å². The van der Waals surface area contributed by atoms with E-state index in [-0.39, 0.29) is 0 Å². The molecule has 0 aliphatic carbocycles. The minimum absolute atomic E-state index is 0.575. The number of nitrogens with two attached hydrogens (primary N) is 1. The highest BCUT2D eigenvalue weighted by Gasteiger charge is 1.94. The van der Waals surface area contributed by atoms with Gasteiger partial charge in [0.05, 0.1) is 0 Å². The number of benzene rings is 1. The van der Waals surface area contributed by atoms with Gasteiger partial charge in [0.15, 0.2) is 0 Å². The molecule has 60 valence electrons. The lowest BCUT2D eigenvalue weighted by molar-refractivity contribution is 1.36. The largest absolute Gasteiger partial charge is 0.384 e. The topological polar surface area (TPSA) is 38.9 Å². The van der Waals surface area contributed by atoms with Crippen molar-refractivity contribution in [2.45, 2.75) is 6.92 Å². The predicted molar refractivity (Wildman–Crippen MR) is 50.9 cm³/mol. The van der Waals surface area contributed by atoms with Crippen molar-refractivity contribution in [3.8, 4) is 0 Å². The van der Waals surface area contributed by atoms with E-state index in [9.17, 15) is 0 Å². The van der Waals surface area contributed by atoms with Gasteiger partial charge < -0.3 is 5.73 Å². The summed E-state index contributed by atoms with van der Waals surface area (Å²) < 4.78 is 0. The van der Waals surface area contributed by atoms with E-state index >= 15 is 0 Å². The number of anilines is 1. The minimum Gasteiger partial charge on any atom is -0.384 e. The fourth-order valence-electron chi connectivity index (χ4n) is 1.28. The Bertz CT molecular complexity index is 380. The fourth-order valence-corrected chi connectivity index (χ4v) is 1.28. The summed E-state index contributed by atoms with van der Waals surface area (Å²) >= 11 is 0. The quantitative estimate of drug-likeness (QED) is 0.637. The van der Waals surface area contributed by atoms with Gasteiger partial charge in [0.25, 0.3) is 0 Å². The Hall–Kier alpha value is -1.57. The van der Waals surface area contributed by atoms with E-state index in [1.807, 2.05) is 6.07 Å². The zero-order chi connectivity index (χ0) is 8.55. The van der Waals surface area contributed by atoms with Crippen LogP contribution in [0.25, 0.3) is 10.8 Å². The molecule has 1 aromatic carbocycles. The molecule has 0 spiro atoms. The summed E-state index contributed by atoms with van der Waals surface area (Å²) in [5.74, 6) is 0.575. The SMILES string of the molecule is Cc1ccc2cc(N)ncc2c1. The first-order chi connectivity index (χ1) is 5.75. The molecule has 0 aliphatic heterocycles. The number of aryl methyl sites for hydroxylation is 1. The third kappa shape index (κ3) is 1.11. The third-order valence-electron chi connectivity index (χ3n) is 1.90. The zero-order valence-corrected chi connectivity index (χ0v) is 6.91. The van der Waals surface area contributed by atoms with Crippen molar-refractivity contribution in [3.05, 3.63) is 36.0 Å². The van der Waals surface area contributed by atoms with Gasteiger partial charge in [-0.3, -0.25) is 0 Å². The van der Waals surface area contributed by atoms with Gasteiger partial charge in [-0.2, -0.15) is 0 Å². The summed E-state index contributed by atoms with van der Waals surface area (Å²) in [6, 6.07) is 8.11. The van der Waals surface area contributed by atoms with Crippen LogP contribution in [-0.2, 0) is 0 Å². The van der Waals surface area contributed by atoms with Crippen molar-refractivity contribution in [2.24, 2.45) is 0 Å². The molecule has 2 N–H and O–H groups in total. The summed E-state index contributed by atoms with van der Waals surface area (Å²) in [6.45, 7) is 2.07. The standard InChI is InChI=1S/C10H10N2/c1-7-2-3-8-5-10(11)12-6-9(8)4-7/h2-6H,1H3,(H2,11,12). The number of pyridine rings is 1. The number of hydrogen-bond acceptors (Lipinski definition) is 2. The highest BCUT2D eigenvalue weighted by molar-refractivity contribution is 5.84. The second-order valence-corrected chi connectivity index (χ2v) is 2.96. The normalized spacial score (nSPS) is 10.4. The highest BCUT2D eigenvalue weighted by Crippen LogP contribution is 2.16. The maximum Gasteiger partial charge on any atom is 0.123 e. The molecule has 2 nitrogen and oxygen atoms in total. The van der Waals surface area contributed by atoms with Gasteiger partial charge in [-0.25, -0.2) is 4.98 Å². The van der Waals surface area contributed by atoms with E-state index in [1.54, 1.807) is 6.20 Å². The van der Waals surface area contributed by atoms with Crippen LogP contribution in [-0.4, -0.2) is 4.98 Å². The molecule has 2 aromatic rings. The number of hydrogen-bond donors (Lipinski definition) is 1. The third-order valence-corrected chi connectivity index (χ3v) is 1.90. The molecule has 0 unspecified atom stereocenters. The van der Waals surface area contributed by atoms with Crippen molar-refractivity contribution in [2.75, 3.05) is 5.73 Å². The molecular formula is C10H10N2. The van der Waals surface area contributed by atoms with Crippen LogP contribution < -0.4 is 5.73 Å². The van der Waals surface area contributed by atoms with E-state index in [0.717, 1.165) is 10.8 Å². The Labute approximate surface area is 71.0 Å². The Kier molecular flexibility index (Phi) is 1.47. The lowest BCUT2D eigenvalue weighted by Crippen LogP contribution is -1.88. The van der Waals surface area contributed by atoms with Crippen LogP contribution in [0.5, 0.6) is 0 Å². The Balaban J connectivity index is 2.79. The van der Waals surface area contributed by atoms with E-state index in [4.69, 9.17) is 5.73 Å². The van der Waals surface area contributed by atoms with E-state index in [2.05, 4.69) is 30.1 Å². The summed E-state index contributed by atoms with van der Waals surface area (Å²) in [6.07, 6.45) is 1.80. The molecule has 0 saturated heterocycles. The van der Waals surface area contributed by atoms with Crippen LogP contribution in [0, 0.1) is 6.92 Å². The molecule has 1 aromatic heterocycles. The van der Waals surface area contributed by atoms with Crippen molar-refractivity contribution in [1.82, 2.24) is 4.98 Å². The van der Waals surface area contributed by atoms with E-state index < -0.39 is 0 Å². The molecule has 0 aliphatic rings. The number of aromatic nitrogens is 1. The Morgan fingerprint density at radius 1 is 1.17 bits per heavy atom. The second-order valence-electron chi connectivity index (χ2n) is 2.96. The van der Waals surface area contributed by atoms with Gasteiger partial charge in [-0.05, 0) is 24.4 Å². The number of fused-ring (bicyclic) bond motifs is 1. The predicted octanol–water partition coefficient (Wildman–Crippen LogP) is 2.13. The fraction of sp³-hybridized carbons (Fsp3) is 0.100. The van der Waals surface area contributed by atoms with Crippen molar-refractivity contribution in [3.63, 3.8) is 0 Å². The van der Waals surface area contributed by atoms with Crippen molar-refractivity contribution in [1.29, 1.82) is 0 Å². The van der Waals surface area contributed by atoms with Crippen LogP contribution in [0.4, 0.5) is 5.82 Å².